The third-order valence-corrected chi connectivity index (χ3v) is 7.23. The second-order valence-corrected chi connectivity index (χ2v) is 9.95. The van der Waals surface area contributed by atoms with Gasteiger partial charge in [-0.3, -0.25) is 13.6 Å². The van der Waals surface area contributed by atoms with E-state index in [-0.39, 0.29) is 0 Å². The van der Waals surface area contributed by atoms with Crippen molar-refractivity contribution in [3.63, 3.8) is 0 Å². The first-order valence-electron chi connectivity index (χ1n) is 11.0. The number of rotatable bonds is 9. The minimum Gasteiger partial charge on any atom is -0.279 e. The van der Waals surface area contributed by atoms with Gasteiger partial charge < -0.3 is 0 Å². The predicted molar refractivity (Wildman–Crippen MR) is 130 cm³/mol. The molecule has 0 aliphatic carbocycles. The van der Waals surface area contributed by atoms with Crippen LogP contribution in [0.2, 0.25) is 0 Å². The molecule has 0 spiro atoms. The Hall–Kier alpha value is -2.23. The van der Waals surface area contributed by atoms with Gasteiger partial charge in [-0.15, -0.1) is 0 Å². The SMILES string of the molecule is Cc1ccc(C(C)OP(=O)(OC(C)c2ccc(C)cc2)OC(C)c2ccc(C)cc2)cc1. The van der Waals surface area contributed by atoms with Crippen molar-refractivity contribution in [1.29, 1.82) is 0 Å². The van der Waals surface area contributed by atoms with Crippen LogP contribution < -0.4 is 0 Å². The Bertz CT molecular complexity index is 906. The largest absolute Gasteiger partial charge is 0.476 e. The number of phosphoric ester groups is 1. The summed E-state index contributed by atoms with van der Waals surface area (Å²) in [4.78, 5) is 0. The highest BCUT2D eigenvalue weighted by molar-refractivity contribution is 7.48. The normalized spacial score (nSPS) is 16.2. The van der Waals surface area contributed by atoms with Gasteiger partial charge in [0.05, 0.1) is 18.3 Å². The lowest BCUT2D eigenvalue weighted by atomic mass is 10.1. The Morgan fingerprint density at radius 1 is 0.500 bits per heavy atom. The van der Waals surface area contributed by atoms with Crippen LogP contribution in [-0.4, -0.2) is 0 Å². The molecule has 0 heterocycles. The molecule has 0 N–H and O–H groups in total. The van der Waals surface area contributed by atoms with Gasteiger partial charge in [-0.05, 0) is 58.2 Å². The van der Waals surface area contributed by atoms with Gasteiger partial charge in [0, 0.05) is 0 Å². The summed E-state index contributed by atoms with van der Waals surface area (Å²) in [5.74, 6) is 0. The van der Waals surface area contributed by atoms with E-state index in [0.29, 0.717) is 0 Å². The van der Waals surface area contributed by atoms with Gasteiger partial charge in [0.15, 0.2) is 0 Å². The average molecular weight is 453 g/mol. The molecular formula is C27H33O4P. The van der Waals surface area contributed by atoms with E-state index in [4.69, 9.17) is 13.6 Å². The molecule has 0 radical (unpaired) electrons. The lowest BCUT2D eigenvalue weighted by Crippen LogP contribution is -2.09. The van der Waals surface area contributed by atoms with Gasteiger partial charge in [-0.2, -0.15) is 0 Å². The molecule has 3 aromatic rings. The van der Waals surface area contributed by atoms with Crippen molar-refractivity contribution in [3.05, 3.63) is 106 Å². The minimum absolute atomic E-state index is 0.461. The second kappa shape index (κ2) is 10.6. The smallest absolute Gasteiger partial charge is 0.279 e. The first-order chi connectivity index (χ1) is 15.1. The number of benzene rings is 3. The van der Waals surface area contributed by atoms with Crippen molar-refractivity contribution in [1.82, 2.24) is 0 Å². The number of aryl methyl sites for hydroxylation is 3. The van der Waals surface area contributed by atoms with Gasteiger partial charge in [0.25, 0.3) is 0 Å². The Morgan fingerprint density at radius 2 is 0.719 bits per heavy atom. The van der Waals surface area contributed by atoms with Gasteiger partial charge in [-0.1, -0.05) is 89.5 Å². The average Bonchev–Trinajstić information content (AvgIpc) is 2.74. The maximum Gasteiger partial charge on any atom is 0.476 e. The quantitative estimate of drug-likeness (QED) is 0.306. The number of phosphoric acid groups is 1. The van der Waals surface area contributed by atoms with Crippen molar-refractivity contribution in [3.8, 4) is 0 Å². The van der Waals surface area contributed by atoms with E-state index in [1.165, 1.54) is 0 Å². The summed E-state index contributed by atoms with van der Waals surface area (Å²) in [6.07, 6.45) is -1.38. The van der Waals surface area contributed by atoms with Gasteiger partial charge in [0.2, 0.25) is 0 Å². The highest BCUT2D eigenvalue weighted by atomic mass is 31.2. The van der Waals surface area contributed by atoms with Crippen molar-refractivity contribution in [2.45, 2.75) is 59.9 Å². The summed E-state index contributed by atoms with van der Waals surface area (Å²) in [6.45, 7) is 11.7. The molecule has 4 nitrogen and oxygen atoms in total. The zero-order valence-electron chi connectivity index (χ0n) is 19.7. The van der Waals surface area contributed by atoms with Crippen LogP contribution in [0.4, 0.5) is 0 Å². The highest BCUT2D eigenvalue weighted by Crippen LogP contribution is 2.58. The van der Waals surface area contributed by atoms with E-state index in [2.05, 4.69) is 0 Å². The second-order valence-electron chi connectivity index (χ2n) is 8.42. The maximum atomic E-state index is 13.9. The number of hydrogen-bond donors (Lipinski definition) is 0. The molecule has 3 unspecified atom stereocenters. The molecule has 170 valence electrons. The summed E-state index contributed by atoms with van der Waals surface area (Å²) in [5, 5.41) is 0. The summed E-state index contributed by atoms with van der Waals surface area (Å²) < 4.78 is 31.9. The molecule has 3 atom stereocenters. The molecule has 0 fully saturated rings. The molecule has 0 amide bonds. The Labute approximate surface area is 192 Å². The fourth-order valence-corrected chi connectivity index (χ4v) is 5.03. The first kappa shape index (κ1) is 24.4. The molecule has 0 aliphatic rings. The first-order valence-corrected chi connectivity index (χ1v) is 12.5. The summed E-state index contributed by atoms with van der Waals surface area (Å²) in [6, 6.07) is 23.9. The van der Waals surface area contributed by atoms with Crippen molar-refractivity contribution < 1.29 is 18.1 Å². The molecule has 0 bridgehead atoms. The summed E-state index contributed by atoms with van der Waals surface area (Å²) >= 11 is 0. The molecule has 3 rings (SSSR count). The van der Waals surface area contributed by atoms with E-state index in [1.807, 2.05) is 114 Å². The van der Waals surface area contributed by atoms with E-state index < -0.39 is 26.1 Å². The van der Waals surface area contributed by atoms with Crippen LogP contribution in [0.3, 0.4) is 0 Å². The zero-order valence-corrected chi connectivity index (χ0v) is 20.6. The van der Waals surface area contributed by atoms with Crippen LogP contribution in [-0.2, 0) is 18.1 Å². The Morgan fingerprint density at radius 3 is 0.938 bits per heavy atom. The van der Waals surface area contributed by atoms with Crippen LogP contribution in [0.15, 0.2) is 72.8 Å². The summed E-state index contributed by atoms with van der Waals surface area (Å²) in [7, 11) is -3.92. The predicted octanol–water partition coefficient (Wildman–Crippen LogP) is 8.35. The third kappa shape index (κ3) is 6.63. The van der Waals surface area contributed by atoms with Crippen LogP contribution in [0.25, 0.3) is 0 Å². The third-order valence-electron chi connectivity index (χ3n) is 5.50. The van der Waals surface area contributed by atoms with E-state index in [9.17, 15) is 4.57 Å². The Kier molecular flexibility index (Phi) is 8.08. The topological polar surface area (TPSA) is 44.8 Å². The van der Waals surface area contributed by atoms with Gasteiger partial charge in [-0.25, -0.2) is 4.57 Å². The lowest BCUT2D eigenvalue weighted by Gasteiger charge is -2.27. The fraction of sp³-hybridized carbons (Fsp3) is 0.333. The van der Waals surface area contributed by atoms with Gasteiger partial charge >= 0.3 is 7.82 Å². The monoisotopic (exact) mass is 452 g/mol. The molecular weight excluding hydrogens is 419 g/mol. The molecule has 32 heavy (non-hydrogen) atoms. The number of hydrogen-bond acceptors (Lipinski definition) is 4. The maximum absolute atomic E-state index is 13.9. The molecule has 0 saturated heterocycles. The van der Waals surface area contributed by atoms with Crippen LogP contribution in [0.1, 0.15) is 72.5 Å². The van der Waals surface area contributed by atoms with Crippen LogP contribution in [0, 0.1) is 20.8 Å². The van der Waals surface area contributed by atoms with Crippen molar-refractivity contribution in [2.24, 2.45) is 0 Å². The van der Waals surface area contributed by atoms with Crippen LogP contribution >= 0.6 is 7.82 Å². The molecule has 0 aliphatic heterocycles. The highest BCUT2D eigenvalue weighted by Gasteiger charge is 2.35. The fourth-order valence-electron chi connectivity index (χ4n) is 3.35. The molecule has 0 aromatic heterocycles. The van der Waals surface area contributed by atoms with Gasteiger partial charge in [0.1, 0.15) is 0 Å². The summed E-state index contributed by atoms with van der Waals surface area (Å²) in [5.41, 5.74) is 6.19. The van der Waals surface area contributed by atoms with E-state index >= 15 is 0 Å². The Balaban J connectivity index is 1.84. The zero-order chi connectivity index (χ0) is 23.3. The minimum atomic E-state index is -3.92. The molecule has 3 aromatic carbocycles. The van der Waals surface area contributed by atoms with E-state index in [0.717, 1.165) is 33.4 Å². The molecule has 5 heteroatoms. The standard InChI is InChI=1S/C27H33O4P/c1-19-7-13-25(14-8-19)22(4)29-32(28,30-23(5)26-15-9-20(2)10-16-26)31-24(6)27-17-11-21(3)12-18-27/h7-18,22-24H,1-6H3. The molecule has 0 saturated carbocycles. The lowest BCUT2D eigenvalue weighted by molar-refractivity contribution is 0.0421. The van der Waals surface area contributed by atoms with Crippen molar-refractivity contribution in [2.75, 3.05) is 0 Å². The van der Waals surface area contributed by atoms with Crippen LogP contribution in [0.5, 0.6) is 0 Å². The van der Waals surface area contributed by atoms with E-state index in [1.54, 1.807) is 0 Å². The van der Waals surface area contributed by atoms with Crippen molar-refractivity contribution >= 4 is 7.82 Å².